The third kappa shape index (κ3) is 3.95. The van der Waals surface area contributed by atoms with Crippen LogP contribution < -0.4 is 10.9 Å². The van der Waals surface area contributed by atoms with E-state index in [-0.39, 0.29) is 10.8 Å². The van der Waals surface area contributed by atoms with Gasteiger partial charge in [0.25, 0.3) is 5.56 Å². The van der Waals surface area contributed by atoms with Gasteiger partial charge in [0.05, 0.1) is 11.4 Å². The van der Waals surface area contributed by atoms with Crippen LogP contribution in [-0.2, 0) is 0 Å². The molecule has 0 bridgehead atoms. The van der Waals surface area contributed by atoms with E-state index in [0.29, 0.717) is 21.3 Å². The molecule has 146 valence electrons. The Labute approximate surface area is 168 Å². The Hall–Kier alpha value is -2.64. The predicted molar refractivity (Wildman–Crippen MR) is 106 cm³/mol. The molecule has 1 heterocycles. The Morgan fingerprint density at radius 1 is 1.07 bits per heavy atom. The summed E-state index contributed by atoms with van der Waals surface area (Å²) in [7, 11) is 1.53. The fourth-order valence-corrected chi connectivity index (χ4v) is 3.37. The Morgan fingerprint density at radius 2 is 1.64 bits per heavy atom. The molecule has 0 aliphatic carbocycles. The van der Waals surface area contributed by atoms with Crippen LogP contribution in [0, 0.1) is 11.6 Å². The number of halogens is 4. The Kier molecular flexibility index (Phi) is 5.58. The number of hydrogen-bond donors (Lipinski definition) is 2. The zero-order valence-electron chi connectivity index (χ0n) is 14.8. The number of aromatic nitrogens is 1. The molecule has 0 aliphatic rings. The van der Waals surface area contributed by atoms with Gasteiger partial charge in [-0.15, -0.1) is 0 Å². The van der Waals surface area contributed by atoms with E-state index in [0.717, 1.165) is 12.1 Å². The zero-order valence-corrected chi connectivity index (χ0v) is 16.3. The van der Waals surface area contributed by atoms with Crippen molar-refractivity contribution in [2.75, 3.05) is 12.4 Å². The summed E-state index contributed by atoms with van der Waals surface area (Å²) in [5.74, 6) is -2.20. The number of nitrogens with zero attached hydrogens (tertiary/aromatic N) is 1. The maximum Gasteiger partial charge on any atom is 0.322 e. The number of carbonyl (C=O) groups is 1. The fourth-order valence-electron chi connectivity index (χ4n) is 2.84. The number of rotatable bonds is 3. The van der Waals surface area contributed by atoms with Crippen LogP contribution in [0.1, 0.15) is 18.5 Å². The number of H-pyrrole nitrogens is 1. The number of nitrogens with one attached hydrogen (secondary N) is 2. The van der Waals surface area contributed by atoms with E-state index in [1.807, 2.05) is 0 Å². The van der Waals surface area contributed by atoms with E-state index < -0.39 is 29.3 Å². The molecule has 2 aromatic carbocycles. The van der Waals surface area contributed by atoms with Crippen LogP contribution in [0.25, 0.3) is 10.8 Å². The second-order valence-electron chi connectivity index (χ2n) is 6.26. The third-order valence-corrected chi connectivity index (χ3v) is 4.88. The molecule has 0 saturated heterocycles. The first-order chi connectivity index (χ1) is 13.2. The minimum absolute atomic E-state index is 0.00122. The van der Waals surface area contributed by atoms with Crippen LogP contribution in [0.15, 0.2) is 41.3 Å². The summed E-state index contributed by atoms with van der Waals surface area (Å²) in [5, 5.41) is 3.61. The van der Waals surface area contributed by atoms with Crippen molar-refractivity contribution < 1.29 is 13.6 Å². The minimum Gasteiger partial charge on any atom is -0.328 e. The molecule has 2 amide bonds. The summed E-state index contributed by atoms with van der Waals surface area (Å²) < 4.78 is 27.3. The van der Waals surface area contributed by atoms with Gasteiger partial charge in [-0.25, -0.2) is 13.6 Å². The van der Waals surface area contributed by atoms with Crippen LogP contribution in [0.2, 0.25) is 10.0 Å². The molecular formula is C19H15Cl2F2N3O2. The number of hydrogen-bond acceptors (Lipinski definition) is 2. The maximum atomic E-state index is 13.7. The number of carbonyl (C=O) groups excluding carboxylic acids is 1. The Balaban J connectivity index is 1.93. The molecule has 0 spiro atoms. The molecule has 3 rings (SSSR count). The van der Waals surface area contributed by atoms with E-state index in [1.165, 1.54) is 36.3 Å². The van der Waals surface area contributed by atoms with Crippen molar-refractivity contribution in [1.29, 1.82) is 0 Å². The summed E-state index contributed by atoms with van der Waals surface area (Å²) in [6, 6.07) is 5.36. The lowest BCUT2D eigenvalue weighted by atomic mass is 10.0. The Bertz CT molecular complexity index is 1110. The summed E-state index contributed by atoms with van der Waals surface area (Å²) in [4.78, 5) is 28.4. The van der Waals surface area contributed by atoms with Gasteiger partial charge in [0.15, 0.2) is 11.6 Å². The molecule has 1 aromatic heterocycles. The van der Waals surface area contributed by atoms with Crippen molar-refractivity contribution in [3.05, 3.63) is 74.1 Å². The molecular weight excluding hydrogens is 411 g/mol. The van der Waals surface area contributed by atoms with E-state index in [9.17, 15) is 18.4 Å². The van der Waals surface area contributed by atoms with Crippen LogP contribution in [-0.4, -0.2) is 23.0 Å². The SMILES string of the molecule is C[C@@H](c1c[nH]c(=O)c2cc(F)c(F)cc12)N(C)C(=O)Nc1cc(Cl)cc(Cl)c1. The highest BCUT2D eigenvalue weighted by molar-refractivity contribution is 6.35. The van der Waals surface area contributed by atoms with Crippen molar-refractivity contribution >= 4 is 45.7 Å². The average Bonchev–Trinajstić information content (AvgIpc) is 2.61. The van der Waals surface area contributed by atoms with Crippen LogP contribution in [0.4, 0.5) is 19.3 Å². The number of amides is 2. The molecule has 0 saturated carbocycles. The second-order valence-corrected chi connectivity index (χ2v) is 7.13. The third-order valence-electron chi connectivity index (χ3n) is 4.44. The van der Waals surface area contributed by atoms with Gasteiger partial charge in [-0.1, -0.05) is 23.2 Å². The van der Waals surface area contributed by atoms with Crippen LogP contribution in [0.5, 0.6) is 0 Å². The molecule has 3 aromatic rings. The van der Waals surface area contributed by atoms with Gasteiger partial charge in [0, 0.05) is 29.0 Å². The van der Waals surface area contributed by atoms with Gasteiger partial charge in [-0.05, 0) is 48.2 Å². The quantitative estimate of drug-likeness (QED) is 0.594. The number of fused-ring (bicyclic) bond motifs is 1. The second kappa shape index (κ2) is 7.77. The molecule has 5 nitrogen and oxygen atoms in total. The molecule has 0 radical (unpaired) electrons. The van der Waals surface area contributed by atoms with Crippen molar-refractivity contribution in [2.24, 2.45) is 0 Å². The van der Waals surface area contributed by atoms with Crippen LogP contribution in [0.3, 0.4) is 0 Å². The van der Waals surface area contributed by atoms with Gasteiger partial charge >= 0.3 is 6.03 Å². The van der Waals surface area contributed by atoms with Gasteiger partial charge < -0.3 is 15.2 Å². The normalized spacial score (nSPS) is 12.1. The topological polar surface area (TPSA) is 65.2 Å². The number of aromatic amines is 1. The first-order valence-corrected chi connectivity index (χ1v) is 8.93. The average molecular weight is 426 g/mol. The number of pyridine rings is 1. The summed E-state index contributed by atoms with van der Waals surface area (Å²) in [6.45, 7) is 1.69. The number of urea groups is 1. The number of benzene rings is 2. The van der Waals surface area contributed by atoms with Gasteiger partial charge in [0.1, 0.15) is 0 Å². The zero-order chi connectivity index (χ0) is 20.6. The van der Waals surface area contributed by atoms with Crippen molar-refractivity contribution in [3.8, 4) is 0 Å². The highest BCUT2D eigenvalue weighted by Crippen LogP contribution is 2.28. The number of anilines is 1. The van der Waals surface area contributed by atoms with Crippen molar-refractivity contribution in [1.82, 2.24) is 9.88 Å². The highest BCUT2D eigenvalue weighted by atomic mass is 35.5. The summed E-state index contributed by atoms with van der Waals surface area (Å²) >= 11 is 11.9. The Morgan fingerprint density at radius 3 is 2.25 bits per heavy atom. The predicted octanol–water partition coefficient (Wildman–Crippen LogP) is 5.34. The summed E-state index contributed by atoms with van der Waals surface area (Å²) in [5.41, 5.74) is 0.307. The lowest BCUT2D eigenvalue weighted by molar-refractivity contribution is 0.208. The lowest BCUT2D eigenvalue weighted by Gasteiger charge is -2.26. The summed E-state index contributed by atoms with van der Waals surface area (Å²) in [6.07, 6.45) is 1.38. The van der Waals surface area contributed by atoms with Gasteiger partial charge in [-0.2, -0.15) is 0 Å². The largest absolute Gasteiger partial charge is 0.328 e. The fraction of sp³-hybridized carbons (Fsp3) is 0.158. The van der Waals surface area contributed by atoms with E-state index in [2.05, 4.69) is 10.3 Å². The van der Waals surface area contributed by atoms with Gasteiger partial charge in [-0.3, -0.25) is 4.79 Å². The molecule has 28 heavy (non-hydrogen) atoms. The van der Waals surface area contributed by atoms with Crippen molar-refractivity contribution in [2.45, 2.75) is 13.0 Å². The molecule has 0 fully saturated rings. The van der Waals surface area contributed by atoms with Crippen LogP contribution >= 0.6 is 23.2 Å². The monoisotopic (exact) mass is 425 g/mol. The molecule has 1 atom stereocenters. The molecule has 0 unspecified atom stereocenters. The van der Waals surface area contributed by atoms with E-state index >= 15 is 0 Å². The first kappa shape index (κ1) is 20.1. The van der Waals surface area contributed by atoms with E-state index in [1.54, 1.807) is 6.92 Å². The van der Waals surface area contributed by atoms with Crippen molar-refractivity contribution in [3.63, 3.8) is 0 Å². The maximum absolute atomic E-state index is 13.7. The molecule has 2 N–H and O–H groups in total. The molecule has 0 aliphatic heterocycles. The lowest BCUT2D eigenvalue weighted by Crippen LogP contribution is -2.34. The van der Waals surface area contributed by atoms with Gasteiger partial charge in [0.2, 0.25) is 0 Å². The molecule has 9 heteroatoms. The van der Waals surface area contributed by atoms with E-state index in [4.69, 9.17) is 23.2 Å². The first-order valence-electron chi connectivity index (χ1n) is 8.17. The minimum atomic E-state index is -1.12. The standard InChI is InChI=1S/C19H15Cl2F2N3O2/c1-9(26(2)19(28)25-12-4-10(20)3-11(21)5-12)15-8-24-18(27)14-7-17(23)16(22)6-13(14)15/h3-9H,1-2H3,(H,24,27)(H,25,28)/t9-/m0/s1. The highest BCUT2D eigenvalue weighted by Gasteiger charge is 2.21. The smallest absolute Gasteiger partial charge is 0.322 e.